The van der Waals surface area contributed by atoms with Crippen LogP contribution >= 0.6 is 24.0 Å². The van der Waals surface area contributed by atoms with E-state index in [2.05, 4.69) is 27.6 Å². The number of nitrogens with one attached hydrogen (secondary N) is 2. The summed E-state index contributed by atoms with van der Waals surface area (Å²) in [6.07, 6.45) is 0.442. The molecule has 0 bridgehead atoms. The van der Waals surface area contributed by atoms with Crippen LogP contribution in [-0.2, 0) is 4.74 Å². The number of aliphatic hydroxyl groups is 1. The Balaban J connectivity index is 0.00000625. The monoisotopic (exact) mass is 478 g/mol. The maximum absolute atomic E-state index is 10.3. The van der Waals surface area contributed by atoms with Crippen molar-refractivity contribution in [3.8, 4) is 0 Å². The number of aryl methyl sites for hydroxylation is 1. The summed E-state index contributed by atoms with van der Waals surface area (Å²) in [5.74, 6) is 0.735. The van der Waals surface area contributed by atoms with E-state index in [1.54, 1.807) is 7.11 Å². The third kappa shape index (κ3) is 10.9. The Kier molecular flexibility index (Phi) is 14.7. The lowest BCUT2D eigenvalue weighted by Crippen LogP contribution is -2.41. The highest BCUT2D eigenvalue weighted by Crippen LogP contribution is 2.13. The number of halogens is 1. The van der Waals surface area contributed by atoms with Crippen molar-refractivity contribution >= 4 is 29.9 Å². The van der Waals surface area contributed by atoms with Gasteiger partial charge >= 0.3 is 0 Å². The van der Waals surface area contributed by atoms with Gasteiger partial charge in [0.1, 0.15) is 0 Å². The first-order valence-electron chi connectivity index (χ1n) is 9.01. The molecule has 1 atom stereocenters. The van der Waals surface area contributed by atoms with Crippen molar-refractivity contribution in [2.75, 3.05) is 53.5 Å². The molecule has 150 valence electrons. The quantitative estimate of drug-likeness (QED) is 0.197. The number of aliphatic imine (C=N–C) groups is 1. The molecule has 1 unspecified atom stereocenters. The molecule has 0 radical (unpaired) electrons. The van der Waals surface area contributed by atoms with Gasteiger partial charge in [-0.15, -0.1) is 24.0 Å². The average Bonchev–Trinajstić information content (AvgIpc) is 2.60. The van der Waals surface area contributed by atoms with E-state index in [-0.39, 0.29) is 24.0 Å². The Morgan fingerprint density at radius 1 is 1.23 bits per heavy atom. The second-order valence-corrected chi connectivity index (χ2v) is 6.22. The molecule has 6 nitrogen and oxygen atoms in total. The van der Waals surface area contributed by atoms with Gasteiger partial charge in [-0.2, -0.15) is 0 Å². The van der Waals surface area contributed by atoms with E-state index in [0.717, 1.165) is 50.7 Å². The zero-order valence-electron chi connectivity index (χ0n) is 16.5. The molecule has 26 heavy (non-hydrogen) atoms. The Hall–Kier alpha value is -0.900. The van der Waals surface area contributed by atoms with Crippen LogP contribution in [0.3, 0.4) is 0 Å². The van der Waals surface area contributed by atoms with Crippen molar-refractivity contribution in [3.63, 3.8) is 0 Å². The zero-order valence-corrected chi connectivity index (χ0v) is 18.8. The van der Waals surface area contributed by atoms with E-state index in [1.807, 2.05) is 38.1 Å². The van der Waals surface area contributed by atoms with Crippen LogP contribution in [-0.4, -0.2) is 69.5 Å². The van der Waals surface area contributed by atoms with E-state index < -0.39 is 6.10 Å². The highest BCUT2D eigenvalue weighted by atomic mass is 127. The van der Waals surface area contributed by atoms with E-state index in [0.29, 0.717) is 6.54 Å². The number of likely N-dealkylation sites (N-methyl/N-ethyl adjacent to an activating group) is 1. The molecule has 0 saturated carbocycles. The predicted molar refractivity (Wildman–Crippen MR) is 120 cm³/mol. The zero-order chi connectivity index (χ0) is 18.5. The molecule has 3 N–H and O–H groups in total. The van der Waals surface area contributed by atoms with Crippen molar-refractivity contribution in [1.29, 1.82) is 0 Å². The van der Waals surface area contributed by atoms with Crippen LogP contribution in [0.1, 0.15) is 30.6 Å². The highest BCUT2D eigenvalue weighted by Gasteiger charge is 2.07. The smallest absolute Gasteiger partial charge is 0.191 e. The Morgan fingerprint density at radius 3 is 2.54 bits per heavy atom. The van der Waals surface area contributed by atoms with E-state index in [1.165, 1.54) is 5.56 Å². The predicted octanol–water partition coefficient (Wildman–Crippen LogP) is 2.17. The fourth-order valence-corrected chi connectivity index (χ4v) is 2.37. The van der Waals surface area contributed by atoms with Gasteiger partial charge in [0.15, 0.2) is 5.96 Å². The average molecular weight is 478 g/mol. The lowest BCUT2D eigenvalue weighted by Gasteiger charge is -2.18. The number of benzene rings is 1. The fourth-order valence-electron chi connectivity index (χ4n) is 2.37. The third-order valence-electron chi connectivity index (χ3n) is 3.90. The minimum atomic E-state index is -0.590. The number of hydrogen-bond acceptors (Lipinski definition) is 4. The molecular weight excluding hydrogens is 443 g/mol. The van der Waals surface area contributed by atoms with E-state index >= 15 is 0 Å². The number of nitrogens with zero attached hydrogens (tertiary/aromatic N) is 2. The molecule has 0 aromatic heterocycles. The van der Waals surface area contributed by atoms with E-state index in [9.17, 15) is 5.11 Å². The first-order chi connectivity index (χ1) is 12.1. The van der Waals surface area contributed by atoms with Gasteiger partial charge in [-0.25, -0.2) is 0 Å². The maximum atomic E-state index is 10.3. The van der Waals surface area contributed by atoms with E-state index in [4.69, 9.17) is 4.74 Å². The summed E-state index contributed by atoms with van der Waals surface area (Å²) in [6, 6.07) is 7.91. The van der Waals surface area contributed by atoms with Gasteiger partial charge < -0.3 is 25.4 Å². The van der Waals surface area contributed by atoms with Gasteiger partial charge in [-0.1, -0.05) is 29.8 Å². The standard InChI is InChI=1S/C19H34N4O2.HI/c1-5-20-19(21-11-13-23(3)12-6-14-25-4)22-15-18(24)17-9-7-16(2)8-10-17;/h7-10,18,24H,5-6,11-15H2,1-4H3,(H2,20,21,22);1H. The van der Waals surface area contributed by atoms with Crippen LogP contribution in [0.15, 0.2) is 29.3 Å². The molecule has 0 spiro atoms. The maximum Gasteiger partial charge on any atom is 0.191 e. The lowest BCUT2D eigenvalue weighted by molar-refractivity contribution is 0.180. The van der Waals surface area contributed by atoms with Crippen LogP contribution in [0.25, 0.3) is 0 Å². The summed E-state index contributed by atoms with van der Waals surface area (Å²) >= 11 is 0. The van der Waals surface area contributed by atoms with Gasteiger partial charge in [0, 0.05) is 39.9 Å². The molecule has 1 aromatic carbocycles. The normalized spacial score (nSPS) is 12.6. The van der Waals surface area contributed by atoms with Crippen LogP contribution < -0.4 is 10.6 Å². The number of hydrogen-bond donors (Lipinski definition) is 3. The minimum absolute atomic E-state index is 0. The van der Waals surface area contributed by atoms with Gasteiger partial charge in [0.2, 0.25) is 0 Å². The lowest BCUT2D eigenvalue weighted by atomic mass is 10.1. The van der Waals surface area contributed by atoms with Crippen molar-refractivity contribution in [2.24, 2.45) is 4.99 Å². The van der Waals surface area contributed by atoms with Crippen LogP contribution in [0.5, 0.6) is 0 Å². The molecule has 0 aliphatic rings. The first kappa shape index (κ1) is 25.1. The topological polar surface area (TPSA) is 69.1 Å². The summed E-state index contributed by atoms with van der Waals surface area (Å²) in [6.45, 7) is 8.72. The van der Waals surface area contributed by atoms with Crippen LogP contribution in [0.2, 0.25) is 0 Å². The fraction of sp³-hybridized carbons (Fsp3) is 0.632. The summed E-state index contributed by atoms with van der Waals surface area (Å²) in [5.41, 5.74) is 2.08. The molecule has 7 heteroatoms. The Bertz CT molecular complexity index is 497. The van der Waals surface area contributed by atoms with Crippen LogP contribution in [0.4, 0.5) is 0 Å². The van der Waals surface area contributed by atoms with Crippen molar-refractivity contribution in [1.82, 2.24) is 15.5 Å². The van der Waals surface area contributed by atoms with Crippen molar-refractivity contribution < 1.29 is 9.84 Å². The number of guanidine groups is 1. The first-order valence-corrected chi connectivity index (χ1v) is 9.01. The molecule has 1 aromatic rings. The number of rotatable bonds is 11. The van der Waals surface area contributed by atoms with Gasteiger partial charge in [-0.3, -0.25) is 4.99 Å². The van der Waals surface area contributed by atoms with Gasteiger partial charge in [0.05, 0.1) is 12.6 Å². The molecular formula is C19H35IN4O2. The second kappa shape index (κ2) is 15.2. The molecule has 0 aliphatic carbocycles. The third-order valence-corrected chi connectivity index (χ3v) is 3.90. The summed E-state index contributed by atoms with van der Waals surface area (Å²) in [7, 11) is 3.83. The minimum Gasteiger partial charge on any atom is -0.386 e. The number of methoxy groups -OCH3 is 1. The number of aliphatic hydroxyl groups excluding tert-OH is 1. The molecule has 0 heterocycles. The van der Waals surface area contributed by atoms with Gasteiger partial charge in [-0.05, 0) is 32.9 Å². The molecule has 0 amide bonds. The SMILES string of the molecule is CCNC(=NCC(O)c1ccc(C)cc1)NCCN(C)CCCOC.I. The van der Waals surface area contributed by atoms with Crippen molar-refractivity contribution in [3.05, 3.63) is 35.4 Å². The molecule has 0 aliphatic heterocycles. The Labute approximate surface area is 175 Å². The molecule has 1 rings (SSSR count). The van der Waals surface area contributed by atoms with Crippen LogP contribution in [0, 0.1) is 6.92 Å². The molecule has 0 fully saturated rings. The summed E-state index contributed by atoms with van der Waals surface area (Å²) < 4.78 is 5.07. The highest BCUT2D eigenvalue weighted by molar-refractivity contribution is 14.0. The van der Waals surface area contributed by atoms with Gasteiger partial charge in [0.25, 0.3) is 0 Å². The Morgan fingerprint density at radius 2 is 1.92 bits per heavy atom. The second-order valence-electron chi connectivity index (χ2n) is 6.22. The largest absolute Gasteiger partial charge is 0.386 e. The van der Waals surface area contributed by atoms with Crippen molar-refractivity contribution in [2.45, 2.75) is 26.4 Å². The summed E-state index contributed by atoms with van der Waals surface area (Å²) in [5, 5.41) is 16.8. The molecule has 0 saturated heterocycles. The number of ether oxygens (including phenoxy) is 1. The summed E-state index contributed by atoms with van der Waals surface area (Å²) in [4.78, 5) is 6.75.